The molecule has 8 heteroatoms. The fraction of sp³-hybridized carbons (Fsp3) is 0.750. The van der Waals surface area contributed by atoms with E-state index in [-0.39, 0.29) is 13.2 Å². The lowest BCUT2D eigenvalue weighted by Crippen LogP contribution is -2.60. The van der Waals surface area contributed by atoms with Crippen LogP contribution in [0.4, 0.5) is 0 Å². The van der Waals surface area contributed by atoms with Gasteiger partial charge in [0.2, 0.25) is 0 Å². The van der Waals surface area contributed by atoms with Gasteiger partial charge in [-0.05, 0) is 0 Å². The normalized spacial score (nSPS) is 29.4. The van der Waals surface area contributed by atoms with Gasteiger partial charge in [0.15, 0.2) is 12.2 Å². The van der Waals surface area contributed by atoms with E-state index in [1.807, 2.05) is 0 Å². The molecule has 2 N–H and O–H groups in total. The first-order chi connectivity index (χ1) is 9.31. The number of carbonyl (C=O) groups excluding carboxylic acids is 3. The zero-order valence-corrected chi connectivity index (χ0v) is 11.7. The Kier molecular flexibility index (Phi) is 5.90. The highest BCUT2D eigenvalue weighted by molar-refractivity contribution is 5.67. The number of carbonyl (C=O) groups is 3. The van der Waals surface area contributed by atoms with Crippen molar-refractivity contribution in [3.8, 4) is 0 Å². The molecule has 0 radical (unpaired) electrons. The summed E-state index contributed by atoms with van der Waals surface area (Å²) in [7, 11) is 0. The summed E-state index contributed by atoms with van der Waals surface area (Å²) in [5.74, 6) is -1.61. The van der Waals surface area contributed by atoms with Crippen LogP contribution in [0, 0.1) is 0 Å². The van der Waals surface area contributed by atoms with Gasteiger partial charge in [-0.15, -0.1) is 0 Å². The maximum atomic E-state index is 11.2. The third kappa shape index (κ3) is 4.78. The Morgan fingerprint density at radius 2 is 1.60 bits per heavy atom. The summed E-state index contributed by atoms with van der Waals surface area (Å²) in [5.41, 5.74) is 5.81. The van der Waals surface area contributed by atoms with Crippen LogP contribution in [0.25, 0.3) is 0 Å². The molecule has 1 heterocycles. The molecule has 0 aromatic heterocycles. The van der Waals surface area contributed by atoms with Crippen molar-refractivity contribution in [3.05, 3.63) is 0 Å². The van der Waals surface area contributed by atoms with Gasteiger partial charge in [-0.3, -0.25) is 14.4 Å². The molecule has 1 rings (SSSR count). The SMILES string of the molecule is CC(=O)OC[C@H]1OC[C@H](N)[C@@H](OC(C)=O)[C@H]1OC(C)=O. The molecule has 0 aliphatic carbocycles. The van der Waals surface area contributed by atoms with Crippen molar-refractivity contribution in [2.45, 2.75) is 45.1 Å². The van der Waals surface area contributed by atoms with E-state index in [0.29, 0.717) is 0 Å². The summed E-state index contributed by atoms with van der Waals surface area (Å²) < 4.78 is 20.4. The van der Waals surface area contributed by atoms with Crippen molar-refractivity contribution in [2.75, 3.05) is 13.2 Å². The average molecular weight is 289 g/mol. The number of ether oxygens (including phenoxy) is 4. The predicted molar refractivity (Wildman–Crippen MR) is 65.5 cm³/mol. The second kappa shape index (κ2) is 7.20. The average Bonchev–Trinajstić information content (AvgIpc) is 2.31. The van der Waals surface area contributed by atoms with Crippen LogP contribution in [-0.2, 0) is 33.3 Å². The summed E-state index contributed by atoms with van der Waals surface area (Å²) in [4.78, 5) is 33.1. The monoisotopic (exact) mass is 289 g/mol. The molecule has 1 saturated heterocycles. The second-order valence-corrected chi connectivity index (χ2v) is 4.49. The summed E-state index contributed by atoms with van der Waals surface area (Å²) in [6, 6.07) is -0.628. The smallest absolute Gasteiger partial charge is 0.303 e. The van der Waals surface area contributed by atoms with Gasteiger partial charge in [-0.2, -0.15) is 0 Å². The Morgan fingerprint density at radius 3 is 2.10 bits per heavy atom. The Balaban J connectivity index is 2.83. The maximum absolute atomic E-state index is 11.2. The third-order valence-electron chi connectivity index (χ3n) is 2.67. The van der Waals surface area contributed by atoms with E-state index < -0.39 is 42.3 Å². The van der Waals surface area contributed by atoms with E-state index >= 15 is 0 Å². The summed E-state index contributed by atoms with van der Waals surface area (Å²) in [5, 5.41) is 0. The largest absolute Gasteiger partial charge is 0.463 e. The van der Waals surface area contributed by atoms with Crippen molar-refractivity contribution in [1.82, 2.24) is 0 Å². The zero-order valence-electron chi connectivity index (χ0n) is 11.7. The van der Waals surface area contributed by atoms with Gasteiger partial charge in [-0.1, -0.05) is 0 Å². The zero-order chi connectivity index (χ0) is 15.3. The van der Waals surface area contributed by atoms with Gasteiger partial charge in [0, 0.05) is 20.8 Å². The van der Waals surface area contributed by atoms with Crippen molar-refractivity contribution in [2.24, 2.45) is 5.73 Å². The highest BCUT2D eigenvalue weighted by Crippen LogP contribution is 2.21. The van der Waals surface area contributed by atoms with Crippen LogP contribution in [0.2, 0.25) is 0 Å². The van der Waals surface area contributed by atoms with Crippen molar-refractivity contribution >= 4 is 17.9 Å². The minimum atomic E-state index is -0.917. The van der Waals surface area contributed by atoms with Gasteiger partial charge in [0.25, 0.3) is 0 Å². The Hall–Kier alpha value is -1.67. The first-order valence-electron chi connectivity index (χ1n) is 6.16. The molecule has 4 atom stereocenters. The maximum Gasteiger partial charge on any atom is 0.303 e. The number of nitrogens with two attached hydrogens (primary N) is 1. The predicted octanol–water partition coefficient (Wildman–Crippen LogP) is -0.861. The minimum absolute atomic E-state index is 0.0989. The Labute approximate surface area is 116 Å². The molecule has 0 unspecified atom stereocenters. The topological polar surface area (TPSA) is 114 Å². The van der Waals surface area contributed by atoms with Crippen LogP contribution in [0.3, 0.4) is 0 Å². The fourth-order valence-electron chi connectivity index (χ4n) is 1.90. The van der Waals surface area contributed by atoms with Gasteiger partial charge in [-0.25, -0.2) is 0 Å². The van der Waals surface area contributed by atoms with E-state index in [4.69, 9.17) is 24.7 Å². The number of esters is 3. The molecule has 20 heavy (non-hydrogen) atoms. The van der Waals surface area contributed by atoms with Crippen molar-refractivity contribution < 1.29 is 33.3 Å². The first-order valence-corrected chi connectivity index (χ1v) is 6.16. The van der Waals surface area contributed by atoms with Crippen molar-refractivity contribution in [1.29, 1.82) is 0 Å². The number of rotatable bonds is 4. The number of hydrogen-bond donors (Lipinski definition) is 1. The van der Waals surface area contributed by atoms with Crippen LogP contribution in [-0.4, -0.2) is 55.5 Å². The van der Waals surface area contributed by atoms with E-state index in [2.05, 4.69) is 0 Å². The third-order valence-corrected chi connectivity index (χ3v) is 2.67. The summed E-state index contributed by atoms with van der Waals surface area (Å²) in [6.07, 6.45) is -2.49. The molecule has 0 spiro atoms. The molecule has 1 aliphatic heterocycles. The highest BCUT2D eigenvalue weighted by atomic mass is 16.6. The number of hydrogen-bond acceptors (Lipinski definition) is 8. The molecule has 0 aromatic carbocycles. The molecule has 0 amide bonds. The molecule has 0 bridgehead atoms. The first kappa shape index (κ1) is 16.4. The van der Waals surface area contributed by atoms with Crippen LogP contribution < -0.4 is 5.73 Å². The van der Waals surface area contributed by atoms with E-state index in [1.54, 1.807) is 0 Å². The highest BCUT2D eigenvalue weighted by Gasteiger charge is 2.44. The fourth-order valence-corrected chi connectivity index (χ4v) is 1.90. The van der Waals surface area contributed by atoms with E-state index in [1.165, 1.54) is 20.8 Å². The molecule has 1 fully saturated rings. The van der Waals surface area contributed by atoms with E-state index in [0.717, 1.165) is 0 Å². The quantitative estimate of drug-likeness (QED) is 0.525. The lowest BCUT2D eigenvalue weighted by molar-refractivity contribution is -0.204. The van der Waals surface area contributed by atoms with Gasteiger partial charge >= 0.3 is 17.9 Å². The minimum Gasteiger partial charge on any atom is -0.463 e. The van der Waals surface area contributed by atoms with Crippen LogP contribution in [0.5, 0.6) is 0 Å². The molecule has 1 aliphatic rings. The molecule has 0 saturated carbocycles. The molecule has 114 valence electrons. The van der Waals surface area contributed by atoms with Gasteiger partial charge < -0.3 is 24.7 Å². The van der Waals surface area contributed by atoms with E-state index in [9.17, 15) is 14.4 Å². The standard InChI is InChI=1S/C12H19NO7/c1-6(14)17-5-10-12(20-8(3)16)11(19-7(2)15)9(13)4-18-10/h9-12H,4-5,13H2,1-3H3/t9-,10+,11+,12-/m0/s1. The lowest BCUT2D eigenvalue weighted by Gasteiger charge is -2.39. The molecule has 8 nitrogen and oxygen atoms in total. The van der Waals surface area contributed by atoms with Crippen molar-refractivity contribution in [3.63, 3.8) is 0 Å². The second-order valence-electron chi connectivity index (χ2n) is 4.49. The summed E-state index contributed by atoms with van der Waals surface area (Å²) in [6.45, 7) is 3.68. The lowest BCUT2D eigenvalue weighted by atomic mass is 9.98. The molecular formula is C12H19NO7. The van der Waals surface area contributed by atoms with Crippen LogP contribution >= 0.6 is 0 Å². The van der Waals surface area contributed by atoms with Crippen LogP contribution in [0.15, 0.2) is 0 Å². The Morgan fingerprint density at radius 1 is 1.05 bits per heavy atom. The molecule has 0 aromatic rings. The molecular weight excluding hydrogens is 270 g/mol. The Bertz CT molecular complexity index is 384. The van der Waals surface area contributed by atoms with Gasteiger partial charge in [0.05, 0.1) is 12.6 Å². The van der Waals surface area contributed by atoms with Gasteiger partial charge in [0.1, 0.15) is 12.7 Å². The van der Waals surface area contributed by atoms with Crippen LogP contribution in [0.1, 0.15) is 20.8 Å². The summed E-state index contributed by atoms with van der Waals surface area (Å²) >= 11 is 0.